The van der Waals surface area contributed by atoms with Crippen LogP contribution in [0, 0.1) is 6.92 Å². The lowest BCUT2D eigenvalue weighted by molar-refractivity contribution is 0.527. The first-order valence-corrected chi connectivity index (χ1v) is 6.02. The Labute approximate surface area is 92.9 Å². The van der Waals surface area contributed by atoms with Gasteiger partial charge in [-0.25, -0.2) is 0 Å². The second-order valence-corrected chi connectivity index (χ2v) is 4.05. The molecule has 3 heteroatoms. The van der Waals surface area contributed by atoms with E-state index < -0.39 is 0 Å². The number of aromatic nitrogens is 2. The van der Waals surface area contributed by atoms with E-state index >= 15 is 0 Å². The monoisotopic (exact) mass is 209 g/mol. The van der Waals surface area contributed by atoms with Crippen molar-refractivity contribution < 1.29 is 0 Å². The van der Waals surface area contributed by atoms with E-state index in [1.807, 2.05) is 10.9 Å². The number of rotatable bonds is 8. The maximum atomic E-state index is 4.27. The molecule has 0 aliphatic heterocycles. The van der Waals surface area contributed by atoms with Crippen LogP contribution in [0.3, 0.4) is 0 Å². The molecule has 0 aliphatic carbocycles. The number of aryl methyl sites for hydroxylation is 2. The zero-order valence-corrected chi connectivity index (χ0v) is 10.00. The molecule has 0 saturated carbocycles. The van der Waals surface area contributed by atoms with Crippen molar-refractivity contribution in [3.63, 3.8) is 0 Å². The van der Waals surface area contributed by atoms with Gasteiger partial charge in [-0.3, -0.25) is 4.68 Å². The quantitative estimate of drug-likeness (QED) is 0.666. The van der Waals surface area contributed by atoms with Crippen LogP contribution in [-0.4, -0.2) is 22.9 Å². The van der Waals surface area contributed by atoms with Crippen LogP contribution < -0.4 is 5.32 Å². The van der Waals surface area contributed by atoms with Crippen molar-refractivity contribution in [1.82, 2.24) is 15.1 Å². The SMILES string of the molecule is CCNCCCCCCn1cc(C)cn1. The van der Waals surface area contributed by atoms with Crippen molar-refractivity contribution in [3.8, 4) is 0 Å². The average Bonchev–Trinajstić information content (AvgIpc) is 2.63. The van der Waals surface area contributed by atoms with Crippen molar-refractivity contribution in [2.24, 2.45) is 0 Å². The lowest BCUT2D eigenvalue weighted by atomic mass is 10.2. The van der Waals surface area contributed by atoms with E-state index in [2.05, 4.69) is 30.5 Å². The predicted octanol–water partition coefficient (Wildman–Crippen LogP) is 2.36. The Morgan fingerprint density at radius 1 is 1.27 bits per heavy atom. The summed E-state index contributed by atoms with van der Waals surface area (Å²) >= 11 is 0. The molecule has 0 atom stereocenters. The smallest absolute Gasteiger partial charge is 0.0518 e. The van der Waals surface area contributed by atoms with Gasteiger partial charge in [0.2, 0.25) is 0 Å². The number of nitrogens with one attached hydrogen (secondary N) is 1. The van der Waals surface area contributed by atoms with Crippen LogP contribution in [0.4, 0.5) is 0 Å². The molecule has 0 bridgehead atoms. The minimum absolute atomic E-state index is 1.06. The molecule has 0 unspecified atom stereocenters. The summed E-state index contributed by atoms with van der Waals surface area (Å²) in [6.07, 6.45) is 9.21. The van der Waals surface area contributed by atoms with Crippen molar-refractivity contribution in [2.75, 3.05) is 13.1 Å². The van der Waals surface area contributed by atoms with Crippen LogP contribution in [0.1, 0.15) is 38.2 Å². The summed E-state index contributed by atoms with van der Waals surface area (Å²) in [7, 11) is 0. The number of nitrogens with zero attached hydrogens (tertiary/aromatic N) is 2. The Morgan fingerprint density at radius 3 is 2.73 bits per heavy atom. The van der Waals surface area contributed by atoms with Gasteiger partial charge in [-0.2, -0.15) is 5.10 Å². The van der Waals surface area contributed by atoms with E-state index in [1.54, 1.807) is 0 Å². The number of hydrogen-bond donors (Lipinski definition) is 1. The van der Waals surface area contributed by atoms with Crippen LogP contribution in [0.25, 0.3) is 0 Å². The van der Waals surface area contributed by atoms with Crippen molar-refractivity contribution in [3.05, 3.63) is 18.0 Å². The number of hydrogen-bond acceptors (Lipinski definition) is 2. The van der Waals surface area contributed by atoms with Gasteiger partial charge in [0, 0.05) is 12.7 Å². The minimum atomic E-state index is 1.06. The molecule has 0 aromatic carbocycles. The molecule has 0 radical (unpaired) electrons. The molecule has 0 spiro atoms. The molecule has 15 heavy (non-hydrogen) atoms. The Hall–Kier alpha value is -0.830. The minimum Gasteiger partial charge on any atom is -0.317 e. The zero-order valence-electron chi connectivity index (χ0n) is 10.00. The Balaban J connectivity index is 1.93. The molecule has 0 fully saturated rings. The molecular weight excluding hydrogens is 186 g/mol. The molecule has 1 aromatic rings. The van der Waals surface area contributed by atoms with E-state index in [0.717, 1.165) is 19.6 Å². The van der Waals surface area contributed by atoms with Gasteiger partial charge >= 0.3 is 0 Å². The van der Waals surface area contributed by atoms with Crippen molar-refractivity contribution in [1.29, 1.82) is 0 Å². The standard InChI is InChI=1S/C12H23N3/c1-3-13-8-6-4-5-7-9-15-11-12(2)10-14-15/h10-11,13H,3-9H2,1-2H3. The van der Waals surface area contributed by atoms with E-state index in [0.29, 0.717) is 0 Å². The summed E-state index contributed by atoms with van der Waals surface area (Å²) in [4.78, 5) is 0. The van der Waals surface area contributed by atoms with Gasteiger partial charge in [-0.15, -0.1) is 0 Å². The van der Waals surface area contributed by atoms with Gasteiger partial charge in [-0.1, -0.05) is 19.8 Å². The molecule has 86 valence electrons. The van der Waals surface area contributed by atoms with E-state index in [1.165, 1.54) is 31.2 Å². The fourth-order valence-electron chi connectivity index (χ4n) is 1.64. The maximum Gasteiger partial charge on any atom is 0.0518 e. The van der Waals surface area contributed by atoms with Crippen LogP contribution in [-0.2, 0) is 6.54 Å². The molecule has 3 nitrogen and oxygen atoms in total. The largest absolute Gasteiger partial charge is 0.317 e. The molecule has 0 aliphatic rings. The second-order valence-electron chi connectivity index (χ2n) is 4.05. The normalized spacial score (nSPS) is 10.8. The van der Waals surface area contributed by atoms with Gasteiger partial charge in [0.25, 0.3) is 0 Å². The molecular formula is C12H23N3. The summed E-state index contributed by atoms with van der Waals surface area (Å²) in [5.41, 5.74) is 1.25. The van der Waals surface area contributed by atoms with Crippen LogP contribution in [0.15, 0.2) is 12.4 Å². The van der Waals surface area contributed by atoms with Gasteiger partial charge < -0.3 is 5.32 Å². The summed E-state index contributed by atoms with van der Waals surface area (Å²) < 4.78 is 2.04. The number of unbranched alkanes of at least 4 members (excludes halogenated alkanes) is 3. The van der Waals surface area contributed by atoms with Crippen molar-refractivity contribution in [2.45, 2.75) is 46.1 Å². The van der Waals surface area contributed by atoms with Gasteiger partial charge in [-0.05, 0) is 38.4 Å². The van der Waals surface area contributed by atoms with E-state index in [4.69, 9.17) is 0 Å². The predicted molar refractivity (Wildman–Crippen MR) is 64.0 cm³/mol. The van der Waals surface area contributed by atoms with E-state index in [-0.39, 0.29) is 0 Å². The topological polar surface area (TPSA) is 29.9 Å². The first-order valence-electron chi connectivity index (χ1n) is 6.02. The highest BCUT2D eigenvalue weighted by Crippen LogP contribution is 2.02. The highest BCUT2D eigenvalue weighted by Gasteiger charge is 1.94. The summed E-state index contributed by atoms with van der Waals surface area (Å²) in [6.45, 7) is 7.55. The summed E-state index contributed by atoms with van der Waals surface area (Å²) in [5.74, 6) is 0. The average molecular weight is 209 g/mol. The maximum absolute atomic E-state index is 4.27. The Bertz CT molecular complexity index is 255. The van der Waals surface area contributed by atoms with E-state index in [9.17, 15) is 0 Å². The van der Waals surface area contributed by atoms with Crippen molar-refractivity contribution >= 4 is 0 Å². The Kier molecular flexibility index (Phi) is 6.09. The first-order chi connectivity index (χ1) is 7.33. The highest BCUT2D eigenvalue weighted by atomic mass is 15.3. The summed E-state index contributed by atoms with van der Waals surface area (Å²) in [6, 6.07) is 0. The molecule has 1 aromatic heterocycles. The molecule has 1 N–H and O–H groups in total. The zero-order chi connectivity index (χ0) is 10.9. The Morgan fingerprint density at radius 2 is 2.07 bits per heavy atom. The van der Waals surface area contributed by atoms with Crippen LogP contribution in [0.2, 0.25) is 0 Å². The molecule has 1 rings (SSSR count). The first kappa shape index (κ1) is 12.2. The summed E-state index contributed by atoms with van der Waals surface area (Å²) in [5, 5.41) is 7.61. The van der Waals surface area contributed by atoms with Gasteiger partial charge in [0.15, 0.2) is 0 Å². The highest BCUT2D eigenvalue weighted by molar-refractivity contribution is 4.99. The van der Waals surface area contributed by atoms with Crippen LogP contribution >= 0.6 is 0 Å². The third kappa shape index (κ3) is 5.57. The van der Waals surface area contributed by atoms with Crippen LogP contribution in [0.5, 0.6) is 0 Å². The third-order valence-electron chi connectivity index (χ3n) is 2.50. The fourth-order valence-corrected chi connectivity index (χ4v) is 1.64. The lowest BCUT2D eigenvalue weighted by Crippen LogP contribution is -2.13. The fraction of sp³-hybridized carbons (Fsp3) is 0.750. The molecule has 0 amide bonds. The molecule has 1 heterocycles. The third-order valence-corrected chi connectivity index (χ3v) is 2.50. The second kappa shape index (κ2) is 7.46. The lowest BCUT2D eigenvalue weighted by Gasteiger charge is -2.02. The van der Waals surface area contributed by atoms with Gasteiger partial charge in [0.05, 0.1) is 6.20 Å². The van der Waals surface area contributed by atoms with Gasteiger partial charge in [0.1, 0.15) is 0 Å². The molecule has 0 saturated heterocycles.